The molecule has 0 aromatic heterocycles. The molecule has 25 heavy (non-hydrogen) atoms. The zero-order chi connectivity index (χ0) is 17.8. The Hall–Kier alpha value is -2.27. The largest absolute Gasteiger partial charge is 0.355 e. The van der Waals surface area contributed by atoms with E-state index in [0.717, 1.165) is 17.0 Å². The van der Waals surface area contributed by atoms with Crippen LogP contribution in [0.1, 0.15) is 18.1 Å². The maximum Gasteiger partial charge on any atom is 0.238 e. The molecule has 0 bridgehead atoms. The fraction of sp³-hybridized carbons (Fsp3) is 0.300. The summed E-state index contributed by atoms with van der Waals surface area (Å²) >= 11 is 1.46. The van der Waals surface area contributed by atoms with Crippen molar-refractivity contribution in [3.8, 4) is 0 Å². The highest BCUT2D eigenvalue weighted by Crippen LogP contribution is 2.38. The number of thioether (sulfide) groups is 1. The van der Waals surface area contributed by atoms with Crippen LogP contribution in [0.3, 0.4) is 0 Å². The Labute approximate surface area is 152 Å². The molecular weight excluding hydrogens is 332 g/mol. The Morgan fingerprint density at radius 1 is 1.24 bits per heavy atom. The van der Waals surface area contributed by atoms with E-state index in [-0.39, 0.29) is 11.8 Å². The van der Waals surface area contributed by atoms with Gasteiger partial charge in [0.25, 0.3) is 0 Å². The lowest BCUT2D eigenvalue weighted by Crippen LogP contribution is -2.42. The number of hydrogen-bond donors (Lipinski definition) is 2. The van der Waals surface area contributed by atoms with Crippen molar-refractivity contribution < 1.29 is 9.59 Å². The van der Waals surface area contributed by atoms with Crippen molar-refractivity contribution >= 4 is 29.3 Å². The van der Waals surface area contributed by atoms with Gasteiger partial charge in [0.05, 0.1) is 16.9 Å². The smallest absolute Gasteiger partial charge is 0.238 e. The van der Waals surface area contributed by atoms with E-state index in [1.807, 2.05) is 37.3 Å². The van der Waals surface area contributed by atoms with E-state index < -0.39 is 11.2 Å². The van der Waals surface area contributed by atoms with Crippen molar-refractivity contribution in [1.82, 2.24) is 5.32 Å². The minimum atomic E-state index is -0.408. The van der Waals surface area contributed by atoms with Crippen molar-refractivity contribution in [2.45, 2.75) is 30.4 Å². The molecule has 0 saturated heterocycles. The van der Waals surface area contributed by atoms with Gasteiger partial charge in [-0.25, -0.2) is 0 Å². The predicted octanol–water partition coefficient (Wildman–Crippen LogP) is 3.40. The van der Waals surface area contributed by atoms with Crippen molar-refractivity contribution in [3.05, 3.63) is 59.7 Å². The summed E-state index contributed by atoms with van der Waals surface area (Å²) in [6.45, 7) is 4.44. The first-order valence-electron chi connectivity index (χ1n) is 8.44. The molecule has 0 spiro atoms. The number of fused-ring (bicyclic) bond motifs is 1. The molecule has 3 rings (SSSR count). The maximum absolute atomic E-state index is 12.5. The second-order valence-electron chi connectivity index (χ2n) is 6.34. The quantitative estimate of drug-likeness (QED) is 0.865. The molecule has 0 aliphatic carbocycles. The third-order valence-corrected chi connectivity index (χ3v) is 5.81. The van der Waals surface area contributed by atoms with E-state index >= 15 is 0 Å². The maximum atomic E-state index is 12.5. The van der Waals surface area contributed by atoms with Gasteiger partial charge < -0.3 is 10.6 Å². The van der Waals surface area contributed by atoms with Gasteiger partial charge in [-0.1, -0.05) is 48.9 Å². The van der Waals surface area contributed by atoms with E-state index in [0.29, 0.717) is 6.54 Å². The number of para-hydroxylation sites is 1. The van der Waals surface area contributed by atoms with E-state index in [9.17, 15) is 9.59 Å². The van der Waals surface area contributed by atoms with Crippen molar-refractivity contribution in [2.75, 3.05) is 11.9 Å². The van der Waals surface area contributed by atoms with Crippen molar-refractivity contribution in [2.24, 2.45) is 5.92 Å². The molecule has 2 aromatic rings. The first-order valence-corrected chi connectivity index (χ1v) is 9.32. The summed E-state index contributed by atoms with van der Waals surface area (Å²) in [6.07, 6.45) is 0.785. The summed E-state index contributed by atoms with van der Waals surface area (Å²) in [7, 11) is 0. The fourth-order valence-electron chi connectivity index (χ4n) is 2.89. The number of benzene rings is 2. The molecule has 1 aliphatic heterocycles. The van der Waals surface area contributed by atoms with E-state index in [2.05, 4.69) is 35.8 Å². The van der Waals surface area contributed by atoms with E-state index in [1.165, 1.54) is 22.9 Å². The number of carbonyl (C=O) groups is 2. The third kappa shape index (κ3) is 4.23. The fourth-order valence-corrected chi connectivity index (χ4v) is 4.06. The van der Waals surface area contributed by atoms with Crippen LogP contribution >= 0.6 is 11.8 Å². The van der Waals surface area contributed by atoms with E-state index in [1.54, 1.807) is 0 Å². The minimum Gasteiger partial charge on any atom is -0.355 e. The number of aryl methyl sites for hydroxylation is 1. The second-order valence-corrected chi connectivity index (χ2v) is 7.53. The molecule has 130 valence electrons. The summed E-state index contributed by atoms with van der Waals surface area (Å²) in [5, 5.41) is 5.45. The molecule has 4 nitrogen and oxygen atoms in total. The Morgan fingerprint density at radius 2 is 2.04 bits per heavy atom. The highest BCUT2D eigenvalue weighted by Gasteiger charge is 2.34. The summed E-state index contributed by atoms with van der Waals surface area (Å²) in [4.78, 5) is 25.8. The van der Waals surface area contributed by atoms with Crippen LogP contribution in [-0.2, 0) is 16.0 Å². The Kier molecular flexibility index (Phi) is 5.43. The Morgan fingerprint density at radius 3 is 2.84 bits per heavy atom. The van der Waals surface area contributed by atoms with Crippen molar-refractivity contribution in [1.29, 1.82) is 0 Å². The number of nitrogens with one attached hydrogen (secondary N) is 2. The van der Waals surface area contributed by atoms with Crippen LogP contribution in [0.25, 0.3) is 0 Å². The lowest BCUT2D eigenvalue weighted by molar-refractivity contribution is -0.127. The van der Waals surface area contributed by atoms with Gasteiger partial charge in [0.2, 0.25) is 11.8 Å². The number of carbonyl (C=O) groups excluding carboxylic acids is 2. The van der Waals surface area contributed by atoms with Gasteiger partial charge in [0, 0.05) is 11.4 Å². The van der Waals surface area contributed by atoms with Crippen LogP contribution in [0.2, 0.25) is 0 Å². The van der Waals surface area contributed by atoms with Crippen LogP contribution < -0.4 is 10.6 Å². The van der Waals surface area contributed by atoms with Crippen LogP contribution in [-0.4, -0.2) is 23.6 Å². The lowest BCUT2D eigenvalue weighted by Gasteiger charge is -2.27. The standard InChI is InChI=1S/C20H22N2O2S/c1-13-6-5-7-15(12-13)10-11-21-19(23)14(2)18-20(24)22-16-8-3-4-9-17(16)25-18/h3-9,12,14,18H,10-11H2,1-2H3,(H,21,23)(H,22,24)/t14-,18+/m0/s1. The zero-order valence-electron chi connectivity index (χ0n) is 14.4. The van der Waals surface area contributed by atoms with Gasteiger partial charge in [-0.15, -0.1) is 11.8 Å². The molecule has 1 aliphatic rings. The molecule has 2 N–H and O–H groups in total. The minimum absolute atomic E-state index is 0.0836. The van der Waals surface area contributed by atoms with Gasteiger partial charge >= 0.3 is 0 Å². The first-order chi connectivity index (χ1) is 12.0. The van der Waals surface area contributed by atoms with Gasteiger partial charge in [0.1, 0.15) is 0 Å². The monoisotopic (exact) mass is 354 g/mol. The normalized spacial score (nSPS) is 17.4. The molecule has 0 radical (unpaired) electrons. The molecule has 1 heterocycles. The van der Waals surface area contributed by atoms with Gasteiger partial charge in [-0.2, -0.15) is 0 Å². The summed E-state index contributed by atoms with van der Waals surface area (Å²) < 4.78 is 0. The Bertz CT molecular complexity index is 791. The molecule has 2 amide bonds. The van der Waals surface area contributed by atoms with Crippen LogP contribution in [0, 0.1) is 12.8 Å². The third-order valence-electron chi connectivity index (χ3n) is 4.32. The van der Waals surface area contributed by atoms with Gasteiger partial charge in [-0.05, 0) is 31.0 Å². The summed E-state index contributed by atoms with van der Waals surface area (Å²) in [5.41, 5.74) is 3.23. The number of rotatable bonds is 5. The van der Waals surface area contributed by atoms with Crippen LogP contribution in [0.15, 0.2) is 53.4 Å². The SMILES string of the molecule is Cc1cccc(CCNC(=O)[C@@H](C)[C@H]2Sc3ccccc3NC2=O)c1. The number of hydrogen-bond acceptors (Lipinski definition) is 3. The summed E-state index contributed by atoms with van der Waals surface area (Å²) in [5.74, 6) is -0.583. The predicted molar refractivity (Wildman–Crippen MR) is 102 cm³/mol. The first kappa shape index (κ1) is 17.5. The average molecular weight is 354 g/mol. The number of anilines is 1. The van der Waals surface area contributed by atoms with Crippen molar-refractivity contribution in [3.63, 3.8) is 0 Å². The van der Waals surface area contributed by atoms with E-state index in [4.69, 9.17) is 0 Å². The Balaban J connectivity index is 1.56. The zero-order valence-corrected chi connectivity index (χ0v) is 15.2. The summed E-state index contributed by atoms with van der Waals surface area (Å²) in [6, 6.07) is 15.9. The topological polar surface area (TPSA) is 58.2 Å². The van der Waals surface area contributed by atoms with Gasteiger partial charge in [0.15, 0.2) is 0 Å². The number of amides is 2. The second kappa shape index (κ2) is 7.74. The molecule has 0 saturated carbocycles. The highest BCUT2D eigenvalue weighted by atomic mass is 32.2. The average Bonchev–Trinajstić information content (AvgIpc) is 2.60. The highest BCUT2D eigenvalue weighted by molar-refractivity contribution is 8.01. The molecule has 2 aromatic carbocycles. The van der Waals surface area contributed by atoms with Crippen LogP contribution in [0.5, 0.6) is 0 Å². The molecule has 2 atom stereocenters. The lowest BCUT2D eigenvalue weighted by atomic mass is 10.0. The molecule has 0 fully saturated rings. The molecule has 5 heteroatoms. The molecular formula is C20H22N2O2S. The van der Waals surface area contributed by atoms with Crippen LogP contribution in [0.4, 0.5) is 5.69 Å². The van der Waals surface area contributed by atoms with Gasteiger partial charge in [-0.3, -0.25) is 9.59 Å². The molecule has 0 unspecified atom stereocenters.